The normalized spacial score (nSPS) is 10.5. The predicted octanol–water partition coefficient (Wildman–Crippen LogP) is 2.19. The van der Waals surface area contributed by atoms with Crippen LogP contribution in [0, 0.1) is 13.8 Å². The number of rotatable bonds is 4. The van der Waals surface area contributed by atoms with E-state index in [1.807, 2.05) is 32.0 Å². The number of aromatic nitrogens is 2. The summed E-state index contributed by atoms with van der Waals surface area (Å²) in [7, 11) is 0. The molecule has 2 aromatic rings. The minimum Gasteiger partial charge on any atom is -0.309 e. The zero-order chi connectivity index (χ0) is 14.7. The second kappa shape index (κ2) is 5.74. The first-order chi connectivity index (χ1) is 9.52. The molecule has 0 amide bonds. The molecular weight excluding hydrogens is 252 g/mol. The lowest BCUT2D eigenvalue weighted by atomic mass is 10.1. The van der Waals surface area contributed by atoms with E-state index in [-0.39, 0.29) is 0 Å². The third-order valence-corrected chi connectivity index (χ3v) is 3.12. The van der Waals surface area contributed by atoms with Crippen LogP contribution in [0.25, 0.3) is 5.69 Å². The molecule has 0 bridgehead atoms. The van der Waals surface area contributed by atoms with Crippen molar-refractivity contribution in [2.75, 3.05) is 0 Å². The molecule has 0 N–H and O–H groups in total. The molecule has 4 nitrogen and oxygen atoms in total. The van der Waals surface area contributed by atoms with Crippen LogP contribution < -0.4 is 11.1 Å². The Hall–Kier alpha value is -2.36. The van der Waals surface area contributed by atoms with Gasteiger partial charge < -0.3 is 4.57 Å². The van der Waals surface area contributed by atoms with Crippen molar-refractivity contribution >= 4 is 0 Å². The largest absolute Gasteiger partial charge is 0.320 e. The topological polar surface area (TPSA) is 44.0 Å². The molecule has 1 aromatic carbocycles. The minimum absolute atomic E-state index is 0.477. The molecule has 1 heterocycles. The van der Waals surface area contributed by atoms with Crippen LogP contribution in [0.3, 0.4) is 0 Å². The van der Waals surface area contributed by atoms with Crippen LogP contribution in [-0.2, 0) is 6.54 Å². The fourth-order valence-electron chi connectivity index (χ4n) is 2.21. The van der Waals surface area contributed by atoms with E-state index in [2.05, 4.69) is 6.58 Å². The highest BCUT2D eigenvalue weighted by atomic mass is 16.2. The van der Waals surface area contributed by atoms with Crippen molar-refractivity contribution in [1.82, 2.24) is 9.13 Å². The maximum atomic E-state index is 12.2. The van der Waals surface area contributed by atoms with Gasteiger partial charge in [-0.3, -0.25) is 14.2 Å². The highest BCUT2D eigenvalue weighted by Crippen LogP contribution is 2.11. The van der Waals surface area contributed by atoms with Crippen molar-refractivity contribution in [1.29, 1.82) is 0 Å². The molecule has 0 saturated carbocycles. The molecule has 0 atom stereocenters. The van der Waals surface area contributed by atoms with Crippen molar-refractivity contribution in [2.24, 2.45) is 0 Å². The lowest BCUT2D eigenvalue weighted by Gasteiger charge is -2.10. The van der Waals surface area contributed by atoms with E-state index in [4.69, 9.17) is 0 Å². The van der Waals surface area contributed by atoms with Gasteiger partial charge in [0.25, 0.3) is 0 Å². The summed E-state index contributed by atoms with van der Waals surface area (Å²) in [5.74, 6) is 0. The molecule has 0 aliphatic heterocycles. The van der Waals surface area contributed by atoms with Gasteiger partial charge in [-0.2, -0.15) is 0 Å². The molecule has 4 heteroatoms. The Morgan fingerprint density at radius 3 is 2.30 bits per heavy atom. The van der Waals surface area contributed by atoms with Crippen molar-refractivity contribution in [3.8, 4) is 5.69 Å². The molecule has 1 aromatic heterocycles. The van der Waals surface area contributed by atoms with E-state index < -0.39 is 11.1 Å². The summed E-state index contributed by atoms with van der Waals surface area (Å²) in [6.45, 7) is 8.02. The standard InChI is InChI=1S/C16H18N2O2/c1-4-5-6-17-7-8-18(16(20)15(17)19)14-10-12(2)9-13(3)11-14/h4,7-11H,1,5-6H2,2-3H3. The molecule has 0 aliphatic carbocycles. The maximum absolute atomic E-state index is 12.2. The molecule has 20 heavy (non-hydrogen) atoms. The third-order valence-electron chi connectivity index (χ3n) is 3.12. The van der Waals surface area contributed by atoms with Gasteiger partial charge in [0.2, 0.25) is 0 Å². The highest BCUT2D eigenvalue weighted by molar-refractivity contribution is 5.39. The Labute approximate surface area is 117 Å². The van der Waals surface area contributed by atoms with Crippen molar-refractivity contribution in [3.05, 3.63) is 75.1 Å². The van der Waals surface area contributed by atoms with E-state index in [0.717, 1.165) is 16.8 Å². The fraction of sp³-hybridized carbons (Fsp3) is 0.250. The van der Waals surface area contributed by atoms with Gasteiger partial charge in [0.05, 0.1) is 0 Å². The smallest absolute Gasteiger partial charge is 0.309 e. The van der Waals surface area contributed by atoms with Crippen LogP contribution in [-0.4, -0.2) is 9.13 Å². The molecule has 0 fully saturated rings. The summed E-state index contributed by atoms with van der Waals surface area (Å²) in [5.41, 5.74) is 1.81. The van der Waals surface area contributed by atoms with E-state index in [1.165, 1.54) is 9.13 Å². The van der Waals surface area contributed by atoms with Crippen molar-refractivity contribution < 1.29 is 0 Å². The van der Waals surface area contributed by atoms with E-state index in [1.54, 1.807) is 18.5 Å². The van der Waals surface area contributed by atoms with Crippen LogP contribution >= 0.6 is 0 Å². The monoisotopic (exact) mass is 270 g/mol. The first-order valence-corrected chi connectivity index (χ1v) is 6.54. The molecule has 104 valence electrons. The summed E-state index contributed by atoms with van der Waals surface area (Å²) < 4.78 is 2.82. The van der Waals surface area contributed by atoms with Crippen LogP contribution in [0.4, 0.5) is 0 Å². The molecule has 0 aliphatic rings. The Bertz CT molecular complexity index is 734. The Morgan fingerprint density at radius 2 is 1.70 bits per heavy atom. The average molecular weight is 270 g/mol. The Balaban J connectivity index is 2.54. The zero-order valence-corrected chi connectivity index (χ0v) is 11.8. The number of benzene rings is 1. The average Bonchev–Trinajstić information content (AvgIpc) is 2.39. The van der Waals surface area contributed by atoms with Gasteiger partial charge in [0.1, 0.15) is 0 Å². The van der Waals surface area contributed by atoms with Crippen LogP contribution in [0.1, 0.15) is 17.5 Å². The second-order valence-corrected chi connectivity index (χ2v) is 4.90. The third kappa shape index (κ3) is 2.79. The van der Waals surface area contributed by atoms with Gasteiger partial charge in [-0.05, 0) is 43.5 Å². The number of hydrogen-bond donors (Lipinski definition) is 0. The highest BCUT2D eigenvalue weighted by Gasteiger charge is 2.07. The predicted molar refractivity (Wildman–Crippen MR) is 80.6 cm³/mol. The molecule has 2 rings (SSSR count). The summed E-state index contributed by atoms with van der Waals surface area (Å²) >= 11 is 0. The first kappa shape index (κ1) is 14.1. The molecular formula is C16H18N2O2. The number of allylic oxidation sites excluding steroid dienone is 1. The number of nitrogens with zero attached hydrogens (tertiary/aromatic N) is 2. The van der Waals surface area contributed by atoms with E-state index in [9.17, 15) is 9.59 Å². The fourth-order valence-corrected chi connectivity index (χ4v) is 2.21. The van der Waals surface area contributed by atoms with Crippen LogP contribution in [0.15, 0.2) is 52.8 Å². The summed E-state index contributed by atoms with van der Waals surface area (Å²) in [5, 5.41) is 0. The van der Waals surface area contributed by atoms with E-state index in [0.29, 0.717) is 13.0 Å². The first-order valence-electron chi connectivity index (χ1n) is 6.54. The maximum Gasteiger partial charge on any atom is 0.320 e. The lowest BCUT2D eigenvalue weighted by molar-refractivity contribution is 0.656. The Morgan fingerprint density at radius 1 is 1.05 bits per heavy atom. The minimum atomic E-state index is -0.526. The Kier molecular flexibility index (Phi) is 4.03. The van der Waals surface area contributed by atoms with Crippen molar-refractivity contribution in [3.63, 3.8) is 0 Å². The van der Waals surface area contributed by atoms with Gasteiger partial charge in [-0.25, -0.2) is 0 Å². The summed E-state index contributed by atoms with van der Waals surface area (Å²) in [4.78, 5) is 24.2. The number of aryl methyl sites for hydroxylation is 3. The SMILES string of the molecule is C=CCCn1ccn(-c2cc(C)cc(C)c2)c(=O)c1=O. The van der Waals surface area contributed by atoms with Gasteiger partial charge >= 0.3 is 11.1 Å². The quantitative estimate of drug-likeness (QED) is 0.631. The molecule has 0 saturated heterocycles. The lowest BCUT2D eigenvalue weighted by Crippen LogP contribution is -2.39. The van der Waals surface area contributed by atoms with E-state index >= 15 is 0 Å². The van der Waals surface area contributed by atoms with Crippen LogP contribution in [0.2, 0.25) is 0 Å². The van der Waals surface area contributed by atoms with Gasteiger partial charge in [0, 0.05) is 24.6 Å². The number of hydrogen-bond acceptors (Lipinski definition) is 2. The van der Waals surface area contributed by atoms with Gasteiger partial charge in [0.15, 0.2) is 0 Å². The van der Waals surface area contributed by atoms with Gasteiger partial charge in [-0.15, -0.1) is 6.58 Å². The van der Waals surface area contributed by atoms with Crippen LogP contribution in [0.5, 0.6) is 0 Å². The molecule has 0 radical (unpaired) electrons. The second-order valence-electron chi connectivity index (χ2n) is 4.90. The van der Waals surface area contributed by atoms with Gasteiger partial charge in [-0.1, -0.05) is 12.1 Å². The molecule has 0 unspecified atom stereocenters. The summed E-state index contributed by atoms with van der Waals surface area (Å²) in [6, 6.07) is 5.81. The summed E-state index contributed by atoms with van der Waals surface area (Å²) in [6.07, 6.45) is 5.67. The molecule has 0 spiro atoms. The zero-order valence-electron chi connectivity index (χ0n) is 11.8. The van der Waals surface area contributed by atoms with Crippen molar-refractivity contribution in [2.45, 2.75) is 26.8 Å².